The number of amides is 1. The monoisotopic (exact) mass is 293 g/mol. The van der Waals surface area contributed by atoms with E-state index in [-0.39, 0.29) is 17.8 Å². The number of aliphatic hydroxyl groups excluding tert-OH is 1. The zero-order valence-corrected chi connectivity index (χ0v) is 11.9. The summed E-state index contributed by atoms with van der Waals surface area (Å²) in [7, 11) is 0. The molecule has 1 aliphatic heterocycles. The summed E-state index contributed by atoms with van der Waals surface area (Å²) in [5.74, 6) is -0.403. The number of likely N-dealkylation sites (tertiary alicyclic amines) is 1. The van der Waals surface area contributed by atoms with E-state index in [1.807, 2.05) is 6.92 Å². The van der Waals surface area contributed by atoms with Gasteiger partial charge in [0.2, 0.25) is 0 Å². The summed E-state index contributed by atoms with van der Waals surface area (Å²) in [4.78, 5) is 24.8. The average Bonchev–Trinajstić information content (AvgIpc) is 2.46. The van der Waals surface area contributed by atoms with Crippen molar-refractivity contribution in [2.75, 3.05) is 25.0 Å². The first-order valence-corrected chi connectivity index (χ1v) is 7.03. The molecule has 114 valence electrons. The van der Waals surface area contributed by atoms with Crippen LogP contribution in [0.25, 0.3) is 0 Å². The van der Waals surface area contributed by atoms with E-state index >= 15 is 0 Å². The first kappa shape index (κ1) is 15.2. The highest BCUT2D eigenvalue weighted by Gasteiger charge is 2.30. The van der Waals surface area contributed by atoms with Crippen molar-refractivity contribution in [1.82, 2.24) is 4.90 Å². The largest absolute Gasteiger partial charge is 0.391 e. The molecule has 0 spiro atoms. The molecule has 1 aliphatic rings. The highest BCUT2D eigenvalue weighted by atomic mass is 16.6. The average molecular weight is 293 g/mol. The Balaban J connectivity index is 2.35. The Morgan fingerprint density at radius 1 is 1.57 bits per heavy atom. The van der Waals surface area contributed by atoms with Crippen LogP contribution in [0.3, 0.4) is 0 Å². The van der Waals surface area contributed by atoms with Crippen molar-refractivity contribution in [3.05, 3.63) is 33.9 Å². The molecule has 0 aromatic heterocycles. The number of carbonyl (C=O) groups is 1. The van der Waals surface area contributed by atoms with Gasteiger partial charge in [-0.1, -0.05) is 6.07 Å². The third-order valence-electron chi connectivity index (χ3n) is 3.50. The van der Waals surface area contributed by atoms with Gasteiger partial charge in [0.25, 0.3) is 5.91 Å². The van der Waals surface area contributed by atoms with Gasteiger partial charge in [-0.25, -0.2) is 0 Å². The van der Waals surface area contributed by atoms with E-state index in [0.29, 0.717) is 31.6 Å². The predicted octanol–water partition coefficient (Wildman–Crippen LogP) is 1.62. The lowest BCUT2D eigenvalue weighted by atomic mass is 10.1. The molecule has 1 atom stereocenters. The summed E-state index contributed by atoms with van der Waals surface area (Å²) in [5.41, 5.74) is 0.197. The minimum absolute atomic E-state index is 0.0625. The molecule has 0 bridgehead atoms. The van der Waals surface area contributed by atoms with E-state index in [0.717, 1.165) is 0 Å². The van der Waals surface area contributed by atoms with Gasteiger partial charge in [-0.05, 0) is 31.9 Å². The number of β-amino-alcohol motifs (C(OH)–C–C–N with tert-alkyl or cyclic N) is 1. The van der Waals surface area contributed by atoms with Gasteiger partial charge in [-0.3, -0.25) is 14.9 Å². The Bertz CT molecular complexity index is 547. The number of hydrogen-bond donors (Lipinski definition) is 2. The second-order valence-electron chi connectivity index (χ2n) is 5.04. The Morgan fingerprint density at radius 2 is 2.33 bits per heavy atom. The van der Waals surface area contributed by atoms with Crippen LogP contribution in [0.4, 0.5) is 11.4 Å². The van der Waals surface area contributed by atoms with Gasteiger partial charge in [0, 0.05) is 19.6 Å². The molecule has 1 unspecified atom stereocenters. The van der Waals surface area contributed by atoms with Crippen LogP contribution >= 0.6 is 0 Å². The molecule has 1 amide bonds. The van der Waals surface area contributed by atoms with Crippen LogP contribution in [0, 0.1) is 10.1 Å². The molecule has 2 rings (SSSR count). The lowest BCUT2D eigenvalue weighted by Crippen LogP contribution is -2.42. The quantitative estimate of drug-likeness (QED) is 0.649. The van der Waals surface area contributed by atoms with Crippen LogP contribution < -0.4 is 5.32 Å². The molecule has 1 heterocycles. The number of hydrogen-bond acceptors (Lipinski definition) is 5. The van der Waals surface area contributed by atoms with E-state index in [2.05, 4.69) is 5.32 Å². The number of rotatable bonds is 4. The van der Waals surface area contributed by atoms with Gasteiger partial charge in [-0.15, -0.1) is 0 Å². The van der Waals surface area contributed by atoms with Gasteiger partial charge in [0.1, 0.15) is 11.3 Å². The number of nitro benzene ring substituents is 1. The molecular weight excluding hydrogens is 274 g/mol. The number of carbonyl (C=O) groups excluding carboxylic acids is 1. The van der Waals surface area contributed by atoms with Gasteiger partial charge in [0.15, 0.2) is 0 Å². The number of anilines is 1. The van der Waals surface area contributed by atoms with Gasteiger partial charge in [0.05, 0.1) is 11.0 Å². The molecule has 21 heavy (non-hydrogen) atoms. The summed E-state index contributed by atoms with van der Waals surface area (Å²) in [5, 5.41) is 23.9. The van der Waals surface area contributed by atoms with Crippen LogP contribution in [-0.2, 0) is 0 Å². The van der Waals surface area contributed by atoms with Crippen LogP contribution in [0.2, 0.25) is 0 Å². The van der Waals surface area contributed by atoms with Crippen LogP contribution in [0.5, 0.6) is 0 Å². The van der Waals surface area contributed by atoms with Crippen molar-refractivity contribution in [3.63, 3.8) is 0 Å². The van der Waals surface area contributed by atoms with Gasteiger partial charge >= 0.3 is 5.69 Å². The summed E-state index contributed by atoms with van der Waals surface area (Å²) < 4.78 is 0. The first-order valence-electron chi connectivity index (χ1n) is 7.03. The molecular formula is C14H19N3O4. The van der Waals surface area contributed by atoms with Crippen molar-refractivity contribution in [2.45, 2.75) is 25.9 Å². The maximum atomic E-state index is 12.5. The number of piperidine rings is 1. The number of para-hydroxylation sites is 1. The number of aliphatic hydroxyl groups is 1. The lowest BCUT2D eigenvalue weighted by molar-refractivity contribution is -0.384. The molecule has 1 aromatic carbocycles. The minimum atomic E-state index is -0.557. The number of nitrogens with zero attached hydrogens (tertiary/aromatic N) is 2. The van der Waals surface area contributed by atoms with E-state index < -0.39 is 16.9 Å². The second-order valence-corrected chi connectivity index (χ2v) is 5.04. The van der Waals surface area contributed by atoms with E-state index in [9.17, 15) is 20.0 Å². The summed E-state index contributed by atoms with van der Waals surface area (Å²) in [6, 6.07) is 4.67. The molecule has 7 heteroatoms. The van der Waals surface area contributed by atoms with E-state index in [1.165, 1.54) is 11.0 Å². The second kappa shape index (κ2) is 6.53. The van der Waals surface area contributed by atoms with Crippen molar-refractivity contribution in [3.8, 4) is 0 Å². The topological polar surface area (TPSA) is 95.7 Å². The predicted molar refractivity (Wildman–Crippen MR) is 78.4 cm³/mol. The van der Waals surface area contributed by atoms with Crippen LogP contribution in [0.1, 0.15) is 30.1 Å². The molecule has 0 radical (unpaired) electrons. The number of nitro groups is 1. The lowest BCUT2D eigenvalue weighted by Gasteiger charge is -2.30. The molecule has 2 N–H and O–H groups in total. The fraction of sp³-hybridized carbons (Fsp3) is 0.500. The zero-order valence-electron chi connectivity index (χ0n) is 11.9. The molecule has 7 nitrogen and oxygen atoms in total. The Morgan fingerprint density at radius 3 is 2.95 bits per heavy atom. The van der Waals surface area contributed by atoms with E-state index in [4.69, 9.17) is 0 Å². The highest BCUT2D eigenvalue weighted by molar-refractivity contribution is 6.00. The minimum Gasteiger partial charge on any atom is -0.391 e. The Hall–Kier alpha value is -2.15. The van der Waals surface area contributed by atoms with Crippen LogP contribution in [0.15, 0.2) is 18.2 Å². The van der Waals surface area contributed by atoms with Crippen molar-refractivity contribution in [2.24, 2.45) is 0 Å². The molecule has 1 aromatic rings. The van der Waals surface area contributed by atoms with E-state index in [1.54, 1.807) is 12.1 Å². The normalized spacial score (nSPS) is 18.4. The van der Waals surface area contributed by atoms with Gasteiger partial charge in [-0.2, -0.15) is 0 Å². The van der Waals surface area contributed by atoms with Crippen LogP contribution in [-0.4, -0.2) is 46.6 Å². The number of benzene rings is 1. The molecule has 1 fully saturated rings. The van der Waals surface area contributed by atoms with Crippen molar-refractivity contribution < 1.29 is 14.8 Å². The first-order chi connectivity index (χ1) is 10.0. The maximum Gasteiger partial charge on any atom is 0.305 e. The molecule has 0 saturated carbocycles. The third kappa shape index (κ3) is 3.30. The fourth-order valence-corrected chi connectivity index (χ4v) is 2.56. The maximum absolute atomic E-state index is 12.5. The summed E-state index contributed by atoms with van der Waals surface area (Å²) in [6.45, 7) is 3.10. The smallest absolute Gasteiger partial charge is 0.305 e. The summed E-state index contributed by atoms with van der Waals surface area (Å²) >= 11 is 0. The fourth-order valence-electron chi connectivity index (χ4n) is 2.56. The Labute approximate surface area is 122 Å². The Kier molecular flexibility index (Phi) is 4.74. The summed E-state index contributed by atoms with van der Waals surface area (Å²) in [6.07, 6.45) is 0.801. The van der Waals surface area contributed by atoms with Crippen molar-refractivity contribution >= 4 is 17.3 Å². The standard InChI is InChI=1S/C14H19N3O4/c1-2-15-12-7-3-6-11(13(12)17(20)21)14(19)16-8-4-5-10(18)9-16/h3,6-7,10,15,18H,2,4-5,8-9H2,1H3. The van der Waals surface area contributed by atoms with Crippen molar-refractivity contribution in [1.29, 1.82) is 0 Å². The highest BCUT2D eigenvalue weighted by Crippen LogP contribution is 2.30. The third-order valence-corrected chi connectivity index (χ3v) is 3.50. The number of nitrogens with one attached hydrogen (secondary N) is 1. The zero-order chi connectivity index (χ0) is 15.4. The SMILES string of the molecule is CCNc1cccc(C(=O)N2CCCC(O)C2)c1[N+](=O)[O-]. The molecule has 0 aliphatic carbocycles. The van der Waals surface area contributed by atoms with Gasteiger partial charge < -0.3 is 15.3 Å². The molecule has 1 saturated heterocycles.